The van der Waals surface area contributed by atoms with Crippen molar-refractivity contribution in [2.45, 2.75) is 25.9 Å². The second-order valence-corrected chi connectivity index (χ2v) is 6.19. The van der Waals surface area contributed by atoms with Crippen LogP contribution in [0.25, 0.3) is 0 Å². The third-order valence-electron chi connectivity index (χ3n) is 2.73. The van der Waals surface area contributed by atoms with Gasteiger partial charge in [-0.1, -0.05) is 6.92 Å². The van der Waals surface area contributed by atoms with Gasteiger partial charge in [-0.25, -0.2) is 18.1 Å². The van der Waals surface area contributed by atoms with Crippen LogP contribution < -0.4 is 5.32 Å². The number of hydrogen-bond donors (Lipinski definition) is 1. The number of nitrogens with zero attached hydrogens (tertiary/aromatic N) is 3. The molecule has 1 saturated heterocycles. The van der Waals surface area contributed by atoms with E-state index < -0.39 is 9.84 Å². The molecule has 0 saturated carbocycles. The minimum absolute atomic E-state index is 0.0406. The van der Waals surface area contributed by atoms with E-state index in [4.69, 9.17) is 0 Å². The molecule has 1 fully saturated rings. The highest BCUT2D eigenvalue weighted by Gasteiger charge is 2.30. The Kier molecular flexibility index (Phi) is 3.25. The van der Waals surface area contributed by atoms with E-state index in [0.29, 0.717) is 13.0 Å². The Morgan fingerprint density at radius 3 is 3.06 bits per heavy atom. The van der Waals surface area contributed by atoms with Gasteiger partial charge in [-0.15, -0.1) is 0 Å². The van der Waals surface area contributed by atoms with Crippen LogP contribution in [0.2, 0.25) is 0 Å². The van der Waals surface area contributed by atoms with Gasteiger partial charge in [0.1, 0.15) is 12.2 Å². The molecule has 0 amide bonds. The van der Waals surface area contributed by atoms with Gasteiger partial charge in [0.2, 0.25) is 0 Å². The molecule has 2 rings (SSSR count). The van der Waals surface area contributed by atoms with E-state index in [1.54, 1.807) is 4.68 Å². The summed E-state index contributed by atoms with van der Waals surface area (Å²) in [5, 5.41) is 7.28. The van der Waals surface area contributed by atoms with Crippen molar-refractivity contribution in [2.75, 3.05) is 18.1 Å². The predicted octanol–water partition coefficient (Wildman–Crippen LogP) is -0.253. The number of sulfone groups is 1. The van der Waals surface area contributed by atoms with Gasteiger partial charge in [-0.05, 0) is 13.0 Å². The zero-order valence-electron chi connectivity index (χ0n) is 9.26. The molecule has 6 nitrogen and oxygen atoms in total. The van der Waals surface area contributed by atoms with Crippen LogP contribution in [0.1, 0.15) is 25.2 Å². The van der Waals surface area contributed by atoms with Gasteiger partial charge in [0.05, 0.1) is 24.1 Å². The van der Waals surface area contributed by atoms with Crippen molar-refractivity contribution in [3.63, 3.8) is 0 Å². The Labute approximate surface area is 95.0 Å². The summed E-state index contributed by atoms with van der Waals surface area (Å²) in [5.74, 6) is 1.26. The molecule has 7 heteroatoms. The lowest BCUT2D eigenvalue weighted by Crippen LogP contribution is -2.20. The van der Waals surface area contributed by atoms with Crippen LogP contribution in [0.3, 0.4) is 0 Å². The van der Waals surface area contributed by atoms with Crippen LogP contribution in [0, 0.1) is 0 Å². The zero-order valence-corrected chi connectivity index (χ0v) is 10.1. The third-order valence-corrected chi connectivity index (χ3v) is 4.48. The summed E-state index contributed by atoms with van der Waals surface area (Å²) in [6, 6.07) is -0.0406. The summed E-state index contributed by atoms with van der Waals surface area (Å²) in [5.41, 5.74) is 0. The predicted molar refractivity (Wildman–Crippen MR) is 59.7 cm³/mol. The standard InChI is InChI=1S/C9H16N4O2S/c1-2-10-5-9-11-7-12-13(9)8-3-4-16(14,15)6-8/h7-8,10H,2-6H2,1H3. The highest BCUT2D eigenvalue weighted by Crippen LogP contribution is 2.23. The average molecular weight is 244 g/mol. The monoisotopic (exact) mass is 244 g/mol. The van der Waals surface area contributed by atoms with E-state index in [9.17, 15) is 8.42 Å². The van der Waals surface area contributed by atoms with Gasteiger partial charge in [-0.2, -0.15) is 5.10 Å². The largest absolute Gasteiger partial charge is 0.310 e. The van der Waals surface area contributed by atoms with Gasteiger partial charge in [0.15, 0.2) is 9.84 Å². The van der Waals surface area contributed by atoms with Crippen molar-refractivity contribution in [3.05, 3.63) is 12.2 Å². The first kappa shape index (κ1) is 11.5. The van der Waals surface area contributed by atoms with Crippen molar-refractivity contribution < 1.29 is 8.42 Å². The Morgan fingerprint density at radius 2 is 2.44 bits per heavy atom. The lowest BCUT2D eigenvalue weighted by molar-refractivity contribution is 0.467. The SMILES string of the molecule is CCNCc1ncnn1C1CCS(=O)(=O)C1. The molecule has 2 heterocycles. The summed E-state index contributed by atoms with van der Waals surface area (Å²) in [7, 11) is -2.87. The second-order valence-electron chi connectivity index (χ2n) is 3.96. The van der Waals surface area contributed by atoms with Crippen LogP contribution in [-0.4, -0.2) is 41.2 Å². The van der Waals surface area contributed by atoms with Crippen molar-refractivity contribution in [2.24, 2.45) is 0 Å². The maximum Gasteiger partial charge on any atom is 0.152 e. The van der Waals surface area contributed by atoms with Crippen LogP contribution in [0.15, 0.2) is 6.33 Å². The molecule has 1 aliphatic heterocycles. The molecule has 0 aromatic carbocycles. The molecular weight excluding hydrogens is 228 g/mol. The van der Waals surface area contributed by atoms with Crippen LogP contribution >= 0.6 is 0 Å². The molecule has 1 aromatic heterocycles. The summed E-state index contributed by atoms with van der Waals surface area (Å²) in [6.07, 6.45) is 2.13. The molecule has 0 radical (unpaired) electrons. The zero-order chi connectivity index (χ0) is 11.6. The van der Waals surface area contributed by atoms with E-state index in [1.165, 1.54) is 6.33 Å². The Morgan fingerprint density at radius 1 is 1.62 bits per heavy atom. The Hall–Kier alpha value is -0.950. The van der Waals surface area contributed by atoms with E-state index in [2.05, 4.69) is 15.4 Å². The Balaban J connectivity index is 2.12. The summed E-state index contributed by atoms with van der Waals surface area (Å²) in [6.45, 7) is 3.50. The van der Waals surface area contributed by atoms with Crippen molar-refractivity contribution >= 4 is 9.84 Å². The topological polar surface area (TPSA) is 76.9 Å². The van der Waals surface area contributed by atoms with Crippen molar-refractivity contribution in [1.82, 2.24) is 20.1 Å². The first-order chi connectivity index (χ1) is 7.62. The molecule has 1 aliphatic rings. The smallest absolute Gasteiger partial charge is 0.152 e. The van der Waals surface area contributed by atoms with Gasteiger partial charge >= 0.3 is 0 Å². The second kappa shape index (κ2) is 4.50. The molecule has 1 N–H and O–H groups in total. The van der Waals surface area contributed by atoms with Crippen molar-refractivity contribution in [3.8, 4) is 0 Å². The summed E-state index contributed by atoms with van der Waals surface area (Å²) >= 11 is 0. The molecule has 1 aromatic rings. The first-order valence-corrected chi connectivity index (χ1v) is 7.24. The highest BCUT2D eigenvalue weighted by atomic mass is 32.2. The quantitative estimate of drug-likeness (QED) is 0.790. The lowest BCUT2D eigenvalue weighted by atomic mass is 10.3. The molecule has 0 spiro atoms. The fourth-order valence-corrected chi connectivity index (χ4v) is 3.60. The highest BCUT2D eigenvalue weighted by molar-refractivity contribution is 7.91. The number of nitrogens with one attached hydrogen (secondary N) is 1. The average Bonchev–Trinajstić information content (AvgIpc) is 2.81. The van der Waals surface area contributed by atoms with E-state index in [-0.39, 0.29) is 17.5 Å². The molecule has 16 heavy (non-hydrogen) atoms. The first-order valence-electron chi connectivity index (χ1n) is 5.42. The maximum atomic E-state index is 11.4. The van der Waals surface area contributed by atoms with Crippen LogP contribution in [-0.2, 0) is 16.4 Å². The molecule has 90 valence electrons. The number of hydrogen-bond acceptors (Lipinski definition) is 5. The van der Waals surface area contributed by atoms with Crippen molar-refractivity contribution in [1.29, 1.82) is 0 Å². The van der Waals surface area contributed by atoms with Gasteiger partial charge in [-0.3, -0.25) is 0 Å². The van der Waals surface area contributed by atoms with Gasteiger partial charge in [0, 0.05) is 0 Å². The molecule has 1 unspecified atom stereocenters. The minimum Gasteiger partial charge on any atom is -0.310 e. The summed E-state index contributed by atoms with van der Waals surface area (Å²) < 4.78 is 24.5. The van der Waals surface area contributed by atoms with Gasteiger partial charge < -0.3 is 5.32 Å². The fourth-order valence-electron chi connectivity index (χ4n) is 1.91. The lowest BCUT2D eigenvalue weighted by Gasteiger charge is -2.11. The van der Waals surface area contributed by atoms with E-state index >= 15 is 0 Å². The Bertz CT molecular complexity index is 454. The number of rotatable bonds is 4. The fraction of sp³-hybridized carbons (Fsp3) is 0.778. The summed E-state index contributed by atoms with van der Waals surface area (Å²) in [4.78, 5) is 4.14. The van der Waals surface area contributed by atoms with E-state index in [1.807, 2.05) is 6.92 Å². The normalized spacial score (nSPS) is 23.7. The molecule has 0 aliphatic carbocycles. The minimum atomic E-state index is -2.87. The molecular formula is C9H16N4O2S. The van der Waals surface area contributed by atoms with Gasteiger partial charge in [0.25, 0.3) is 0 Å². The maximum absolute atomic E-state index is 11.4. The van der Waals surface area contributed by atoms with E-state index in [0.717, 1.165) is 12.4 Å². The van der Waals surface area contributed by atoms with Crippen LogP contribution in [0.4, 0.5) is 0 Å². The molecule has 1 atom stereocenters. The number of aromatic nitrogens is 3. The molecule has 0 bridgehead atoms. The third kappa shape index (κ3) is 2.41. The van der Waals surface area contributed by atoms with Crippen LogP contribution in [0.5, 0.6) is 0 Å².